The van der Waals surface area contributed by atoms with Gasteiger partial charge in [0.2, 0.25) is 10.0 Å². The molecule has 0 spiro atoms. The van der Waals surface area contributed by atoms with E-state index in [-0.39, 0.29) is 12.1 Å². The molecule has 38 heavy (non-hydrogen) atoms. The summed E-state index contributed by atoms with van der Waals surface area (Å²) in [6.07, 6.45) is 2.80. The van der Waals surface area contributed by atoms with E-state index in [1.807, 2.05) is 24.3 Å². The molecule has 11 heteroatoms. The number of nitrogens with one attached hydrogen (secondary N) is 3. The molecular formula is C27H29ClN4O5S. The Bertz CT molecular complexity index is 1360. The van der Waals surface area contributed by atoms with Crippen LogP contribution in [-0.2, 0) is 16.6 Å². The van der Waals surface area contributed by atoms with Gasteiger partial charge in [0.15, 0.2) is 0 Å². The van der Waals surface area contributed by atoms with Crippen molar-refractivity contribution >= 4 is 44.3 Å². The first kappa shape index (κ1) is 27.4. The molecule has 0 unspecified atom stereocenters. The predicted octanol–water partition coefficient (Wildman–Crippen LogP) is 5.02. The van der Waals surface area contributed by atoms with Gasteiger partial charge in [-0.25, -0.2) is 13.2 Å². The van der Waals surface area contributed by atoms with Crippen LogP contribution in [0, 0.1) is 0 Å². The summed E-state index contributed by atoms with van der Waals surface area (Å²) in [5.74, 6) is 1.30. The number of urea groups is 1. The van der Waals surface area contributed by atoms with Crippen LogP contribution in [0.25, 0.3) is 0 Å². The molecule has 1 heterocycles. The summed E-state index contributed by atoms with van der Waals surface area (Å²) < 4.78 is 30.9. The number of likely N-dealkylation sites (tertiary alicyclic amines) is 1. The molecule has 0 saturated carbocycles. The van der Waals surface area contributed by atoms with E-state index < -0.39 is 15.3 Å². The zero-order valence-electron chi connectivity index (χ0n) is 20.8. The minimum Gasteiger partial charge on any atom is -0.457 e. The number of amides is 2. The molecule has 0 aromatic heterocycles. The van der Waals surface area contributed by atoms with Crippen LogP contribution in [0.15, 0.2) is 72.8 Å². The number of anilines is 2. The monoisotopic (exact) mass is 556 g/mol. The molecule has 1 fully saturated rings. The van der Waals surface area contributed by atoms with E-state index in [1.165, 1.54) is 0 Å². The van der Waals surface area contributed by atoms with E-state index in [9.17, 15) is 18.0 Å². The largest absolute Gasteiger partial charge is 0.457 e. The number of carbonyl (C=O) groups excluding carboxylic acids is 2. The van der Waals surface area contributed by atoms with E-state index >= 15 is 0 Å². The van der Waals surface area contributed by atoms with Gasteiger partial charge in [-0.2, -0.15) is 0 Å². The van der Waals surface area contributed by atoms with Crippen molar-refractivity contribution in [3.8, 4) is 11.5 Å². The van der Waals surface area contributed by atoms with Crippen molar-refractivity contribution in [1.29, 1.82) is 0 Å². The quantitative estimate of drug-likeness (QED) is 0.319. The zero-order chi connectivity index (χ0) is 27.1. The number of hydrogen-bond acceptors (Lipinski definition) is 6. The highest BCUT2D eigenvalue weighted by Crippen LogP contribution is 2.24. The lowest BCUT2D eigenvalue weighted by molar-refractivity contribution is 0.108. The van der Waals surface area contributed by atoms with Crippen molar-refractivity contribution in [1.82, 2.24) is 10.2 Å². The number of benzene rings is 3. The fourth-order valence-electron chi connectivity index (χ4n) is 4.13. The fraction of sp³-hybridized carbons (Fsp3) is 0.259. The summed E-state index contributed by atoms with van der Waals surface area (Å²) >= 11 is 5.44. The van der Waals surface area contributed by atoms with Crippen LogP contribution in [0.2, 0.25) is 0 Å². The molecule has 3 aromatic rings. The maximum Gasteiger partial charge on any atom is 0.319 e. The van der Waals surface area contributed by atoms with Crippen molar-refractivity contribution < 1.29 is 22.7 Å². The maximum absolute atomic E-state index is 12.3. The summed E-state index contributed by atoms with van der Waals surface area (Å²) in [5, 5.41) is 5.26. The SMILES string of the molecule is CS(=O)(=O)Nc1ccc(Oc2ccc(CN3CCC(NC(=O)Nc4ccc(C(=O)Cl)cc4)CC3)cc2)cc1. The number of halogens is 1. The van der Waals surface area contributed by atoms with E-state index in [0.717, 1.165) is 44.3 Å². The van der Waals surface area contributed by atoms with Gasteiger partial charge in [-0.15, -0.1) is 0 Å². The Morgan fingerprint density at radius 3 is 2.00 bits per heavy atom. The minimum atomic E-state index is -3.32. The van der Waals surface area contributed by atoms with Crippen molar-refractivity contribution in [2.75, 3.05) is 29.4 Å². The van der Waals surface area contributed by atoms with Gasteiger partial charge in [0, 0.05) is 42.6 Å². The van der Waals surface area contributed by atoms with Gasteiger partial charge >= 0.3 is 6.03 Å². The topological polar surface area (TPSA) is 117 Å². The molecule has 9 nitrogen and oxygen atoms in total. The Morgan fingerprint density at radius 1 is 0.895 bits per heavy atom. The lowest BCUT2D eigenvalue weighted by atomic mass is 10.0. The first-order chi connectivity index (χ1) is 18.1. The number of rotatable bonds is 9. The van der Waals surface area contributed by atoms with Gasteiger partial charge in [0.05, 0.1) is 6.26 Å². The number of nitrogens with zero attached hydrogens (tertiary/aromatic N) is 1. The predicted molar refractivity (Wildman–Crippen MR) is 149 cm³/mol. The lowest BCUT2D eigenvalue weighted by Gasteiger charge is -2.32. The maximum atomic E-state index is 12.3. The smallest absolute Gasteiger partial charge is 0.319 e. The van der Waals surface area contributed by atoms with E-state index in [2.05, 4.69) is 20.3 Å². The molecule has 200 valence electrons. The van der Waals surface area contributed by atoms with Gasteiger partial charge < -0.3 is 15.4 Å². The molecule has 1 aliphatic heterocycles. The molecule has 4 rings (SSSR count). The van der Waals surface area contributed by atoms with Crippen LogP contribution in [0.1, 0.15) is 28.8 Å². The summed E-state index contributed by atoms with van der Waals surface area (Å²) in [6, 6.07) is 20.8. The molecular weight excluding hydrogens is 528 g/mol. The third-order valence-corrected chi connectivity index (χ3v) is 6.84. The van der Waals surface area contributed by atoms with Crippen molar-refractivity contribution in [2.24, 2.45) is 0 Å². The highest BCUT2D eigenvalue weighted by atomic mass is 35.5. The average Bonchev–Trinajstić information content (AvgIpc) is 2.87. The number of piperidine rings is 1. The molecule has 0 aliphatic carbocycles. The third-order valence-electron chi connectivity index (χ3n) is 6.02. The van der Waals surface area contributed by atoms with Crippen LogP contribution in [0.3, 0.4) is 0 Å². The summed E-state index contributed by atoms with van der Waals surface area (Å²) in [7, 11) is -3.32. The van der Waals surface area contributed by atoms with Crippen LogP contribution < -0.4 is 20.1 Å². The Morgan fingerprint density at radius 2 is 1.45 bits per heavy atom. The summed E-state index contributed by atoms with van der Waals surface area (Å²) in [5.41, 5.74) is 2.61. The second-order valence-electron chi connectivity index (χ2n) is 9.14. The molecule has 0 bridgehead atoms. The molecule has 1 saturated heterocycles. The second-order valence-corrected chi connectivity index (χ2v) is 11.2. The number of ether oxygens (including phenoxy) is 1. The van der Waals surface area contributed by atoms with E-state index in [4.69, 9.17) is 16.3 Å². The number of hydrogen-bond donors (Lipinski definition) is 3. The van der Waals surface area contributed by atoms with Crippen LogP contribution in [-0.4, -0.2) is 50.0 Å². The van der Waals surface area contributed by atoms with Crippen molar-refractivity contribution in [3.63, 3.8) is 0 Å². The van der Waals surface area contributed by atoms with Crippen molar-refractivity contribution in [2.45, 2.75) is 25.4 Å². The number of carbonyl (C=O) groups is 2. The van der Waals surface area contributed by atoms with Gasteiger partial charge in [0.25, 0.3) is 5.24 Å². The Balaban J connectivity index is 1.19. The first-order valence-electron chi connectivity index (χ1n) is 12.1. The first-order valence-corrected chi connectivity index (χ1v) is 14.3. The van der Waals surface area contributed by atoms with Gasteiger partial charge in [-0.05, 0) is 90.7 Å². The normalized spacial score (nSPS) is 14.5. The van der Waals surface area contributed by atoms with Gasteiger partial charge in [-0.1, -0.05) is 12.1 Å². The summed E-state index contributed by atoms with van der Waals surface area (Å²) in [4.78, 5) is 25.8. The van der Waals surface area contributed by atoms with E-state index in [1.54, 1.807) is 48.5 Å². The van der Waals surface area contributed by atoms with Gasteiger partial charge in [0.1, 0.15) is 11.5 Å². The molecule has 3 aromatic carbocycles. The highest BCUT2D eigenvalue weighted by Gasteiger charge is 2.21. The zero-order valence-corrected chi connectivity index (χ0v) is 22.4. The minimum absolute atomic E-state index is 0.0877. The summed E-state index contributed by atoms with van der Waals surface area (Å²) in [6.45, 7) is 2.53. The van der Waals surface area contributed by atoms with Crippen LogP contribution in [0.4, 0.5) is 16.2 Å². The Hall–Kier alpha value is -3.60. The molecule has 0 atom stereocenters. The second kappa shape index (κ2) is 12.3. The molecule has 2 amide bonds. The Labute approximate surface area is 227 Å². The molecule has 3 N–H and O–H groups in total. The number of sulfonamides is 1. The molecule has 0 radical (unpaired) electrons. The fourth-order valence-corrected chi connectivity index (χ4v) is 4.83. The average molecular weight is 557 g/mol. The molecule has 1 aliphatic rings. The third kappa shape index (κ3) is 8.47. The standard InChI is InChI=1S/C27H29ClN4O5S/c1-38(35,36)31-23-8-12-25(13-9-23)37-24-10-2-19(3-11-24)18-32-16-14-22(15-17-32)30-27(34)29-21-6-4-20(5-7-21)26(28)33/h2-13,22,31H,14-18H2,1H3,(H2,29,30,34). The van der Waals surface area contributed by atoms with Crippen molar-refractivity contribution in [3.05, 3.63) is 83.9 Å². The highest BCUT2D eigenvalue weighted by molar-refractivity contribution is 7.92. The van der Waals surface area contributed by atoms with Crippen LogP contribution >= 0.6 is 11.6 Å². The lowest BCUT2D eigenvalue weighted by Crippen LogP contribution is -2.45. The van der Waals surface area contributed by atoms with Gasteiger partial charge in [-0.3, -0.25) is 14.4 Å². The Kier molecular flexibility index (Phi) is 8.88. The van der Waals surface area contributed by atoms with Crippen LogP contribution in [0.5, 0.6) is 11.5 Å². The van der Waals surface area contributed by atoms with E-state index in [0.29, 0.717) is 28.4 Å².